The predicted molar refractivity (Wildman–Crippen MR) is 62.3 cm³/mol. The maximum absolute atomic E-state index is 12.1. The summed E-state index contributed by atoms with van der Waals surface area (Å²) < 4.78 is 0. The Bertz CT molecular complexity index is 422. The van der Waals surface area contributed by atoms with Gasteiger partial charge in [-0.2, -0.15) is 0 Å². The third-order valence-electron chi connectivity index (χ3n) is 3.92. The number of aromatic nitrogens is 1. The van der Waals surface area contributed by atoms with Gasteiger partial charge in [0.25, 0.3) is 0 Å². The number of fused-ring (bicyclic) bond motifs is 1. The summed E-state index contributed by atoms with van der Waals surface area (Å²) in [6, 6.07) is 1.84. The average Bonchev–Trinajstić information content (AvgIpc) is 2.89. The Labute approximate surface area is 100 Å². The molecular formula is C13H14ClNO. The maximum atomic E-state index is 12.1. The molecule has 2 unspecified atom stereocenters. The SMILES string of the molecule is O=C(Cc1ccncc1Cl)C1CC2CC2C1. The number of carbonyl (C=O) groups is 1. The molecule has 0 radical (unpaired) electrons. The number of hydrogen-bond donors (Lipinski definition) is 0. The highest BCUT2D eigenvalue weighted by Crippen LogP contribution is 2.54. The molecule has 3 heteroatoms. The van der Waals surface area contributed by atoms with E-state index >= 15 is 0 Å². The average molecular weight is 236 g/mol. The Morgan fingerprint density at radius 3 is 2.81 bits per heavy atom. The molecule has 2 nitrogen and oxygen atoms in total. The van der Waals surface area contributed by atoms with Gasteiger partial charge in [-0.1, -0.05) is 11.6 Å². The number of nitrogens with zero attached hydrogens (tertiary/aromatic N) is 1. The monoisotopic (exact) mass is 235 g/mol. The van der Waals surface area contributed by atoms with E-state index < -0.39 is 0 Å². The fourth-order valence-electron chi connectivity index (χ4n) is 2.86. The van der Waals surface area contributed by atoms with Gasteiger partial charge in [-0.15, -0.1) is 0 Å². The van der Waals surface area contributed by atoms with E-state index in [0.717, 1.165) is 30.2 Å². The number of rotatable bonds is 3. The van der Waals surface area contributed by atoms with Crippen molar-refractivity contribution in [2.24, 2.45) is 17.8 Å². The van der Waals surface area contributed by atoms with Crippen LogP contribution < -0.4 is 0 Å². The molecule has 0 bridgehead atoms. The van der Waals surface area contributed by atoms with Crippen molar-refractivity contribution in [2.45, 2.75) is 25.7 Å². The van der Waals surface area contributed by atoms with Crippen LogP contribution in [0.15, 0.2) is 18.5 Å². The molecule has 3 rings (SSSR count). The molecule has 0 amide bonds. The van der Waals surface area contributed by atoms with Crippen LogP contribution in [0.4, 0.5) is 0 Å². The van der Waals surface area contributed by atoms with Gasteiger partial charge in [0.1, 0.15) is 5.78 Å². The minimum atomic E-state index is 0.299. The number of Topliss-reactive ketones (excluding diaryl/α,β-unsaturated/α-hetero) is 1. The number of halogens is 1. The molecule has 0 aliphatic heterocycles. The molecule has 2 fully saturated rings. The van der Waals surface area contributed by atoms with Crippen molar-refractivity contribution in [3.05, 3.63) is 29.0 Å². The summed E-state index contributed by atoms with van der Waals surface area (Å²) in [6.07, 6.45) is 7.38. The second-order valence-electron chi connectivity index (χ2n) is 5.03. The first-order chi connectivity index (χ1) is 7.74. The topological polar surface area (TPSA) is 30.0 Å². The predicted octanol–water partition coefficient (Wildman–Crippen LogP) is 2.89. The van der Waals surface area contributed by atoms with Crippen LogP contribution in [0.3, 0.4) is 0 Å². The van der Waals surface area contributed by atoms with Gasteiger partial charge in [0, 0.05) is 24.7 Å². The van der Waals surface area contributed by atoms with Crippen LogP contribution in [0, 0.1) is 17.8 Å². The van der Waals surface area contributed by atoms with Crippen LogP contribution in [0.5, 0.6) is 0 Å². The lowest BCUT2D eigenvalue weighted by Gasteiger charge is -2.10. The van der Waals surface area contributed by atoms with Crippen LogP contribution in [0.25, 0.3) is 0 Å². The number of carbonyl (C=O) groups excluding carboxylic acids is 1. The van der Waals surface area contributed by atoms with E-state index in [0.29, 0.717) is 23.1 Å². The zero-order chi connectivity index (χ0) is 11.1. The van der Waals surface area contributed by atoms with Crippen molar-refractivity contribution in [1.82, 2.24) is 4.98 Å². The molecule has 0 aromatic carbocycles. The van der Waals surface area contributed by atoms with Gasteiger partial charge in [0.2, 0.25) is 0 Å². The van der Waals surface area contributed by atoms with Crippen molar-refractivity contribution in [3.8, 4) is 0 Å². The van der Waals surface area contributed by atoms with Crippen molar-refractivity contribution < 1.29 is 4.79 Å². The van der Waals surface area contributed by atoms with E-state index in [-0.39, 0.29) is 0 Å². The van der Waals surface area contributed by atoms with Gasteiger partial charge >= 0.3 is 0 Å². The molecule has 84 valence electrons. The largest absolute Gasteiger partial charge is 0.299 e. The van der Waals surface area contributed by atoms with E-state index in [1.165, 1.54) is 6.42 Å². The van der Waals surface area contributed by atoms with E-state index in [4.69, 9.17) is 11.6 Å². The summed E-state index contributed by atoms with van der Waals surface area (Å²) in [4.78, 5) is 16.0. The Hall–Kier alpha value is -0.890. The molecule has 2 aliphatic rings. The Morgan fingerprint density at radius 2 is 2.12 bits per heavy atom. The number of pyridine rings is 1. The molecular weight excluding hydrogens is 222 g/mol. The van der Waals surface area contributed by atoms with E-state index in [9.17, 15) is 4.79 Å². The summed E-state index contributed by atoms with van der Waals surface area (Å²) in [7, 11) is 0. The molecule has 1 aromatic heterocycles. The fourth-order valence-corrected chi connectivity index (χ4v) is 3.04. The number of ketones is 1. The summed E-state index contributed by atoms with van der Waals surface area (Å²) in [6.45, 7) is 0. The van der Waals surface area contributed by atoms with E-state index in [1.54, 1.807) is 12.4 Å². The molecule has 1 aromatic rings. The summed E-state index contributed by atoms with van der Waals surface area (Å²) in [5, 5.41) is 0.610. The Morgan fingerprint density at radius 1 is 1.38 bits per heavy atom. The minimum absolute atomic E-state index is 0.299. The van der Waals surface area contributed by atoms with Gasteiger partial charge in [-0.25, -0.2) is 0 Å². The van der Waals surface area contributed by atoms with E-state index in [2.05, 4.69) is 4.98 Å². The second-order valence-corrected chi connectivity index (χ2v) is 5.44. The highest BCUT2D eigenvalue weighted by atomic mass is 35.5. The van der Waals surface area contributed by atoms with Gasteiger partial charge in [-0.3, -0.25) is 9.78 Å². The molecule has 0 N–H and O–H groups in total. The van der Waals surface area contributed by atoms with Crippen molar-refractivity contribution >= 4 is 17.4 Å². The molecule has 0 spiro atoms. The summed E-state index contributed by atoms with van der Waals surface area (Å²) >= 11 is 6.00. The zero-order valence-electron chi connectivity index (χ0n) is 9.03. The first kappa shape index (κ1) is 10.3. The Balaban J connectivity index is 1.66. The first-order valence-corrected chi connectivity index (χ1v) is 6.23. The molecule has 16 heavy (non-hydrogen) atoms. The molecule has 2 aliphatic carbocycles. The lowest BCUT2D eigenvalue weighted by Crippen LogP contribution is -2.15. The van der Waals surface area contributed by atoms with Gasteiger partial charge < -0.3 is 0 Å². The third-order valence-corrected chi connectivity index (χ3v) is 4.26. The Kier molecular flexibility index (Phi) is 2.47. The van der Waals surface area contributed by atoms with Crippen molar-refractivity contribution in [1.29, 1.82) is 0 Å². The standard InChI is InChI=1S/C13H14ClNO/c14-12-7-15-2-1-8(12)6-13(16)11-4-9-3-10(9)5-11/h1-2,7,9-11H,3-6H2. The molecule has 0 saturated heterocycles. The fraction of sp³-hybridized carbons (Fsp3) is 0.538. The smallest absolute Gasteiger partial charge is 0.140 e. The highest BCUT2D eigenvalue weighted by molar-refractivity contribution is 6.31. The summed E-state index contributed by atoms with van der Waals surface area (Å²) in [5.41, 5.74) is 0.919. The third kappa shape index (κ3) is 1.86. The van der Waals surface area contributed by atoms with Gasteiger partial charge in [-0.05, 0) is 42.7 Å². The lowest BCUT2D eigenvalue weighted by atomic mass is 9.94. The van der Waals surface area contributed by atoms with E-state index in [1.807, 2.05) is 6.07 Å². The van der Waals surface area contributed by atoms with Crippen LogP contribution in [-0.4, -0.2) is 10.8 Å². The normalized spacial score (nSPS) is 31.2. The second kappa shape index (κ2) is 3.85. The van der Waals surface area contributed by atoms with Crippen molar-refractivity contribution in [2.75, 3.05) is 0 Å². The molecule has 2 atom stereocenters. The lowest BCUT2D eigenvalue weighted by molar-refractivity contribution is -0.122. The maximum Gasteiger partial charge on any atom is 0.140 e. The van der Waals surface area contributed by atoms with Crippen LogP contribution in [-0.2, 0) is 11.2 Å². The molecule has 2 saturated carbocycles. The number of hydrogen-bond acceptors (Lipinski definition) is 2. The van der Waals surface area contributed by atoms with Crippen LogP contribution >= 0.6 is 11.6 Å². The van der Waals surface area contributed by atoms with Gasteiger partial charge in [0.15, 0.2) is 0 Å². The van der Waals surface area contributed by atoms with Crippen LogP contribution in [0.1, 0.15) is 24.8 Å². The summed E-state index contributed by atoms with van der Waals surface area (Å²) in [5.74, 6) is 2.39. The first-order valence-electron chi connectivity index (χ1n) is 5.85. The quantitative estimate of drug-likeness (QED) is 0.807. The van der Waals surface area contributed by atoms with Crippen LogP contribution in [0.2, 0.25) is 5.02 Å². The zero-order valence-corrected chi connectivity index (χ0v) is 9.78. The minimum Gasteiger partial charge on any atom is -0.299 e. The highest BCUT2D eigenvalue weighted by Gasteiger charge is 2.47. The molecule has 1 heterocycles. The van der Waals surface area contributed by atoms with Crippen molar-refractivity contribution in [3.63, 3.8) is 0 Å². The van der Waals surface area contributed by atoms with Gasteiger partial charge in [0.05, 0.1) is 5.02 Å².